The summed E-state index contributed by atoms with van der Waals surface area (Å²) < 4.78 is 0. The lowest BCUT2D eigenvalue weighted by atomic mass is 9.93. The van der Waals surface area contributed by atoms with Crippen molar-refractivity contribution in [1.29, 1.82) is 0 Å². The Morgan fingerprint density at radius 1 is 1.53 bits per heavy atom. The highest BCUT2D eigenvalue weighted by atomic mass is 16.6. The van der Waals surface area contributed by atoms with Crippen LogP contribution in [-0.4, -0.2) is 26.5 Å². The topological polar surface area (TPSA) is 105 Å². The van der Waals surface area contributed by atoms with Gasteiger partial charge in [0.05, 0.1) is 4.92 Å². The lowest BCUT2D eigenvalue weighted by molar-refractivity contribution is -0.385. The molecule has 0 amide bonds. The minimum atomic E-state index is -1.10. The minimum Gasteiger partial charge on any atom is -0.480 e. The summed E-state index contributed by atoms with van der Waals surface area (Å²) in [6, 6.07) is 1.49. The third kappa shape index (κ3) is 2.98. The molecule has 7 nitrogen and oxygen atoms in total. The fraction of sp³-hybridized carbons (Fsp3) is 0.500. The van der Waals surface area contributed by atoms with Crippen LogP contribution in [0.3, 0.4) is 0 Å². The van der Waals surface area contributed by atoms with Crippen LogP contribution in [0.1, 0.15) is 32.3 Å². The smallest absolute Gasteiger partial charge is 0.329 e. The summed E-state index contributed by atoms with van der Waals surface area (Å²) >= 11 is 0. The Morgan fingerprint density at radius 3 is 2.47 bits per heavy atom. The third-order valence-corrected chi connectivity index (χ3v) is 3.26. The first kappa shape index (κ1) is 14.9. The van der Waals surface area contributed by atoms with Crippen molar-refractivity contribution in [3.05, 3.63) is 27.9 Å². The fourth-order valence-corrected chi connectivity index (χ4v) is 1.84. The average Bonchev–Trinajstić information content (AvgIpc) is 2.35. The highest BCUT2D eigenvalue weighted by molar-refractivity contribution is 5.82. The number of aryl methyl sites for hydroxylation is 1. The lowest BCUT2D eigenvalue weighted by Crippen LogP contribution is -2.45. The number of hydrogen-bond acceptors (Lipinski definition) is 5. The zero-order valence-electron chi connectivity index (χ0n) is 11.1. The molecule has 0 unspecified atom stereocenters. The van der Waals surface area contributed by atoms with E-state index in [4.69, 9.17) is 0 Å². The number of rotatable bonds is 6. The van der Waals surface area contributed by atoms with E-state index in [0.717, 1.165) is 6.20 Å². The molecule has 0 bridgehead atoms. The van der Waals surface area contributed by atoms with Crippen molar-refractivity contribution in [2.45, 2.75) is 39.2 Å². The first-order valence-corrected chi connectivity index (χ1v) is 5.99. The fourth-order valence-electron chi connectivity index (χ4n) is 1.84. The van der Waals surface area contributed by atoms with Crippen molar-refractivity contribution < 1.29 is 14.8 Å². The zero-order valence-corrected chi connectivity index (χ0v) is 11.1. The van der Waals surface area contributed by atoms with E-state index in [1.807, 2.05) is 0 Å². The molecular formula is C12H17N3O4. The lowest BCUT2D eigenvalue weighted by Gasteiger charge is -2.28. The first-order chi connectivity index (χ1) is 8.86. The van der Waals surface area contributed by atoms with Crippen LogP contribution in [0, 0.1) is 17.0 Å². The molecule has 104 valence electrons. The standard InChI is InChI=1S/C12H17N3O4/c1-4-12(5-2,11(16)17)14-10-6-8(3)9(7-13-10)15(18)19/h6-7H,4-5H2,1-3H3,(H,13,14)(H,16,17). The van der Waals surface area contributed by atoms with Gasteiger partial charge in [-0.1, -0.05) is 13.8 Å². The maximum Gasteiger partial charge on any atom is 0.329 e. The second-order valence-corrected chi connectivity index (χ2v) is 4.33. The van der Waals surface area contributed by atoms with Crippen LogP contribution < -0.4 is 5.32 Å². The maximum atomic E-state index is 11.3. The quantitative estimate of drug-likeness (QED) is 0.605. The molecule has 7 heteroatoms. The Labute approximate surface area is 110 Å². The number of nitro groups is 1. The van der Waals surface area contributed by atoms with E-state index >= 15 is 0 Å². The molecule has 0 fully saturated rings. The number of aliphatic carboxylic acids is 1. The van der Waals surface area contributed by atoms with Gasteiger partial charge in [-0.25, -0.2) is 9.78 Å². The first-order valence-electron chi connectivity index (χ1n) is 5.99. The second-order valence-electron chi connectivity index (χ2n) is 4.33. The number of hydrogen-bond donors (Lipinski definition) is 2. The molecule has 2 N–H and O–H groups in total. The molecule has 1 aromatic rings. The van der Waals surface area contributed by atoms with Crippen LogP contribution in [0.25, 0.3) is 0 Å². The Kier molecular flexibility index (Phi) is 4.42. The number of aromatic nitrogens is 1. The summed E-state index contributed by atoms with van der Waals surface area (Å²) in [7, 11) is 0. The monoisotopic (exact) mass is 267 g/mol. The summed E-state index contributed by atoms with van der Waals surface area (Å²) in [6.45, 7) is 5.12. The SMILES string of the molecule is CCC(CC)(Nc1cc(C)c([N+](=O)[O-])cn1)C(=O)O. The van der Waals surface area contributed by atoms with Gasteiger partial charge in [0, 0.05) is 5.56 Å². The van der Waals surface area contributed by atoms with E-state index in [-0.39, 0.29) is 5.69 Å². The summed E-state index contributed by atoms with van der Waals surface area (Å²) in [5.41, 5.74) is -0.747. The highest BCUT2D eigenvalue weighted by Crippen LogP contribution is 2.24. The van der Waals surface area contributed by atoms with Crippen molar-refractivity contribution in [1.82, 2.24) is 4.98 Å². The van der Waals surface area contributed by atoms with Gasteiger partial charge < -0.3 is 10.4 Å². The molecule has 0 radical (unpaired) electrons. The number of nitrogens with zero attached hydrogens (tertiary/aromatic N) is 2. The maximum absolute atomic E-state index is 11.3. The number of carboxylic acids is 1. The third-order valence-electron chi connectivity index (χ3n) is 3.26. The normalized spacial score (nSPS) is 11.1. The molecule has 0 aliphatic carbocycles. The molecule has 0 atom stereocenters. The van der Waals surface area contributed by atoms with Crippen molar-refractivity contribution >= 4 is 17.5 Å². The van der Waals surface area contributed by atoms with Gasteiger partial charge in [0.1, 0.15) is 17.6 Å². The number of anilines is 1. The highest BCUT2D eigenvalue weighted by Gasteiger charge is 2.35. The molecule has 0 aliphatic rings. The van der Waals surface area contributed by atoms with Crippen LogP contribution in [-0.2, 0) is 4.79 Å². The van der Waals surface area contributed by atoms with E-state index in [2.05, 4.69) is 10.3 Å². The largest absolute Gasteiger partial charge is 0.480 e. The summed E-state index contributed by atoms with van der Waals surface area (Å²) in [5.74, 6) is -0.635. The van der Waals surface area contributed by atoms with Crippen LogP contribution >= 0.6 is 0 Å². The van der Waals surface area contributed by atoms with E-state index in [0.29, 0.717) is 24.2 Å². The Bertz CT molecular complexity index is 498. The van der Waals surface area contributed by atoms with Gasteiger partial charge in [-0.15, -0.1) is 0 Å². The molecule has 0 aromatic carbocycles. The summed E-state index contributed by atoms with van der Waals surface area (Å²) in [4.78, 5) is 25.4. The van der Waals surface area contributed by atoms with Gasteiger partial charge in [-0.3, -0.25) is 10.1 Å². The van der Waals surface area contributed by atoms with Crippen molar-refractivity contribution in [3.8, 4) is 0 Å². The van der Waals surface area contributed by atoms with Crippen LogP contribution in [0.15, 0.2) is 12.3 Å². The molecule has 0 saturated carbocycles. The molecule has 0 aliphatic heterocycles. The second kappa shape index (κ2) is 5.64. The van der Waals surface area contributed by atoms with Crippen molar-refractivity contribution in [3.63, 3.8) is 0 Å². The molecule has 1 heterocycles. The molecular weight excluding hydrogens is 250 g/mol. The number of nitrogens with one attached hydrogen (secondary N) is 1. The molecule has 1 rings (SSSR count). The van der Waals surface area contributed by atoms with Gasteiger partial charge in [0.25, 0.3) is 5.69 Å². The summed E-state index contributed by atoms with van der Waals surface area (Å²) in [5, 5.41) is 22.9. The summed E-state index contributed by atoms with van der Waals surface area (Å²) in [6.07, 6.45) is 1.91. The van der Waals surface area contributed by atoms with E-state index in [1.165, 1.54) is 6.07 Å². The van der Waals surface area contributed by atoms with Gasteiger partial charge in [0.2, 0.25) is 0 Å². The van der Waals surface area contributed by atoms with Gasteiger partial charge >= 0.3 is 5.97 Å². The predicted octanol–water partition coefficient (Wildman–Crippen LogP) is 2.35. The average molecular weight is 267 g/mol. The molecule has 0 spiro atoms. The van der Waals surface area contributed by atoms with Crippen molar-refractivity contribution in [2.75, 3.05) is 5.32 Å². The number of carbonyl (C=O) groups is 1. The Balaban J connectivity index is 3.08. The Morgan fingerprint density at radius 2 is 2.11 bits per heavy atom. The number of carboxylic acid groups (broad SMARTS) is 1. The van der Waals surface area contributed by atoms with E-state index in [9.17, 15) is 20.0 Å². The van der Waals surface area contributed by atoms with E-state index < -0.39 is 16.4 Å². The predicted molar refractivity (Wildman–Crippen MR) is 70.2 cm³/mol. The molecule has 1 aromatic heterocycles. The zero-order chi connectivity index (χ0) is 14.6. The van der Waals surface area contributed by atoms with Crippen LogP contribution in [0.4, 0.5) is 11.5 Å². The van der Waals surface area contributed by atoms with Gasteiger partial charge in [0.15, 0.2) is 0 Å². The molecule has 19 heavy (non-hydrogen) atoms. The number of pyridine rings is 1. The minimum absolute atomic E-state index is 0.0838. The van der Waals surface area contributed by atoms with E-state index in [1.54, 1.807) is 20.8 Å². The van der Waals surface area contributed by atoms with Gasteiger partial charge in [-0.2, -0.15) is 0 Å². The van der Waals surface area contributed by atoms with Gasteiger partial charge in [-0.05, 0) is 25.8 Å². The Hall–Kier alpha value is -2.18. The van der Waals surface area contributed by atoms with Crippen molar-refractivity contribution in [2.24, 2.45) is 0 Å². The van der Waals surface area contributed by atoms with Crippen LogP contribution in [0.2, 0.25) is 0 Å². The van der Waals surface area contributed by atoms with Crippen LogP contribution in [0.5, 0.6) is 0 Å². The molecule has 0 saturated heterocycles.